The first kappa shape index (κ1) is 22.0. The fourth-order valence-corrected chi connectivity index (χ4v) is 3.72. The van der Waals surface area contributed by atoms with Gasteiger partial charge in [0, 0.05) is 17.6 Å². The number of carboxylic acids is 1. The van der Waals surface area contributed by atoms with Crippen LogP contribution >= 0.6 is 0 Å². The van der Waals surface area contributed by atoms with Gasteiger partial charge in [-0.05, 0) is 53.6 Å². The van der Waals surface area contributed by atoms with Crippen molar-refractivity contribution in [1.82, 2.24) is 0 Å². The number of para-hydroxylation sites is 1. The van der Waals surface area contributed by atoms with E-state index in [9.17, 15) is 14.7 Å². The lowest BCUT2D eigenvalue weighted by atomic mass is 9.89. The van der Waals surface area contributed by atoms with Gasteiger partial charge in [-0.2, -0.15) is 0 Å². The molecule has 3 aromatic rings. The van der Waals surface area contributed by atoms with Gasteiger partial charge in [0.2, 0.25) is 6.79 Å². The van der Waals surface area contributed by atoms with Gasteiger partial charge in [-0.3, -0.25) is 4.79 Å². The smallest absolute Gasteiger partial charge is 0.336 e. The maximum Gasteiger partial charge on any atom is 0.336 e. The normalized spacial score (nSPS) is 12.7. The number of ether oxygens (including phenoxy) is 4. The summed E-state index contributed by atoms with van der Waals surface area (Å²) in [5.74, 6) is 0.485. The molecule has 0 unspecified atom stereocenters. The monoisotopic (exact) mass is 446 g/mol. The van der Waals surface area contributed by atoms with Gasteiger partial charge < -0.3 is 24.1 Å². The summed E-state index contributed by atoms with van der Waals surface area (Å²) in [7, 11) is 3.06. The Hall–Kier alpha value is -4.26. The number of carbonyl (C=O) groups is 2. The number of aliphatic carboxylic acids is 1. The Labute approximate surface area is 190 Å². The van der Waals surface area contributed by atoms with Crippen molar-refractivity contribution in [1.29, 1.82) is 0 Å². The quantitative estimate of drug-likeness (QED) is 0.405. The van der Waals surface area contributed by atoms with Crippen molar-refractivity contribution in [3.8, 4) is 23.0 Å². The van der Waals surface area contributed by atoms with E-state index in [0.29, 0.717) is 39.7 Å². The third-order valence-electron chi connectivity index (χ3n) is 5.36. The molecule has 7 heteroatoms. The van der Waals surface area contributed by atoms with Gasteiger partial charge in [0.25, 0.3) is 0 Å². The number of methoxy groups -OCH3 is 2. The van der Waals surface area contributed by atoms with E-state index in [4.69, 9.17) is 18.9 Å². The molecule has 1 heterocycles. The molecule has 33 heavy (non-hydrogen) atoms. The zero-order valence-corrected chi connectivity index (χ0v) is 18.2. The molecule has 0 bridgehead atoms. The molecule has 7 nitrogen and oxygen atoms in total. The summed E-state index contributed by atoms with van der Waals surface area (Å²) in [6.45, 7) is 0.0593. The molecule has 0 radical (unpaired) electrons. The standard InChI is InChI=1S/C26H22O7/c1-30-19-10-7-16(8-11-19)25(27)20(13-17-5-3-4-6-21(17)31-2)24(26(28)29)18-9-12-22-23(14-18)33-15-32-22/h3-12,14H,13,15H2,1-2H3,(H,28,29)/b24-20-. The fraction of sp³-hybridized carbons (Fsp3) is 0.154. The van der Waals surface area contributed by atoms with Gasteiger partial charge in [0.1, 0.15) is 11.5 Å². The molecule has 0 amide bonds. The zero-order chi connectivity index (χ0) is 23.4. The summed E-state index contributed by atoms with van der Waals surface area (Å²) in [5, 5.41) is 10.2. The molecular weight excluding hydrogens is 424 g/mol. The van der Waals surface area contributed by atoms with Crippen molar-refractivity contribution in [2.75, 3.05) is 21.0 Å². The van der Waals surface area contributed by atoms with E-state index in [-0.39, 0.29) is 24.4 Å². The maximum absolute atomic E-state index is 13.6. The number of fused-ring (bicyclic) bond motifs is 1. The molecule has 1 N–H and O–H groups in total. The van der Waals surface area contributed by atoms with Gasteiger partial charge in [-0.25, -0.2) is 4.79 Å². The minimum atomic E-state index is -1.22. The first-order chi connectivity index (χ1) is 16.0. The zero-order valence-electron chi connectivity index (χ0n) is 18.2. The number of allylic oxidation sites excluding steroid dienone is 1. The number of ketones is 1. The Morgan fingerprint density at radius 1 is 0.879 bits per heavy atom. The van der Waals surface area contributed by atoms with E-state index in [1.165, 1.54) is 14.2 Å². The van der Waals surface area contributed by atoms with Crippen molar-refractivity contribution in [3.63, 3.8) is 0 Å². The van der Waals surface area contributed by atoms with E-state index in [2.05, 4.69) is 0 Å². The lowest BCUT2D eigenvalue weighted by Gasteiger charge is -2.15. The molecule has 0 saturated heterocycles. The topological polar surface area (TPSA) is 91.3 Å². The molecule has 0 atom stereocenters. The van der Waals surface area contributed by atoms with Crippen LogP contribution in [0.15, 0.2) is 72.3 Å². The summed E-state index contributed by atoms with van der Waals surface area (Å²) in [6.07, 6.45) is 0.0605. The van der Waals surface area contributed by atoms with Crippen LogP contribution in [-0.2, 0) is 11.2 Å². The molecule has 0 saturated carbocycles. The summed E-state index contributed by atoms with van der Waals surface area (Å²) in [4.78, 5) is 26.1. The van der Waals surface area contributed by atoms with Crippen molar-refractivity contribution in [2.45, 2.75) is 6.42 Å². The second-order valence-corrected chi connectivity index (χ2v) is 7.27. The minimum absolute atomic E-state index is 0.0593. The van der Waals surface area contributed by atoms with E-state index in [1.54, 1.807) is 54.6 Å². The number of hydrogen-bond donors (Lipinski definition) is 1. The molecular formula is C26H22O7. The Bertz CT molecular complexity index is 1230. The van der Waals surface area contributed by atoms with E-state index in [0.717, 1.165) is 0 Å². The molecule has 0 fully saturated rings. The van der Waals surface area contributed by atoms with Crippen LogP contribution in [0.1, 0.15) is 21.5 Å². The highest BCUT2D eigenvalue weighted by atomic mass is 16.7. The van der Waals surface area contributed by atoms with Gasteiger partial charge in [0.15, 0.2) is 17.3 Å². The Balaban J connectivity index is 1.89. The number of carboxylic acid groups (broad SMARTS) is 1. The second kappa shape index (κ2) is 9.48. The molecule has 0 aromatic heterocycles. The maximum atomic E-state index is 13.6. The predicted octanol–water partition coefficient (Wildman–Crippen LogP) is 4.40. The Morgan fingerprint density at radius 2 is 1.58 bits per heavy atom. The van der Waals surface area contributed by atoms with Gasteiger partial charge in [0.05, 0.1) is 19.8 Å². The van der Waals surface area contributed by atoms with Crippen LogP contribution in [-0.4, -0.2) is 37.9 Å². The molecule has 3 aromatic carbocycles. The highest BCUT2D eigenvalue weighted by Gasteiger charge is 2.26. The van der Waals surface area contributed by atoms with E-state index in [1.807, 2.05) is 12.1 Å². The largest absolute Gasteiger partial charge is 0.497 e. The van der Waals surface area contributed by atoms with Crippen molar-refractivity contribution >= 4 is 17.3 Å². The lowest BCUT2D eigenvalue weighted by molar-refractivity contribution is -0.130. The van der Waals surface area contributed by atoms with Crippen LogP contribution in [0, 0.1) is 0 Å². The minimum Gasteiger partial charge on any atom is -0.497 e. The van der Waals surface area contributed by atoms with Crippen molar-refractivity contribution in [3.05, 3.63) is 89.0 Å². The summed E-state index contributed by atoms with van der Waals surface area (Å²) in [5.41, 5.74) is 1.39. The van der Waals surface area contributed by atoms with Crippen LogP contribution in [0.4, 0.5) is 0 Å². The Kier molecular flexibility index (Phi) is 6.31. The van der Waals surface area contributed by atoms with Gasteiger partial charge in [-0.1, -0.05) is 24.3 Å². The molecule has 0 spiro atoms. The highest BCUT2D eigenvalue weighted by Crippen LogP contribution is 2.36. The lowest BCUT2D eigenvalue weighted by Crippen LogP contribution is -2.14. The van der Waals surface area contributed by atoms with Crippen LogP contribution < -0.4 is 18.9 Å². The number of hydrogen-bond acceptors (Lipinski definition) is 6. The average molecular weight is 446 g/mol. The molecule has 0 aliphatic carbocycles. The molecule has 4 rings (SSSR count). The Morgan fingerprint density at radius 3 is 2.27 bits per heavy atom. The van der Waals surface area contributed by atoms with E-state index < -0.39 is 11.8 Å². The SMILES string of the molecule is COc1ccc(C(=O)/C(Cc2ccccc2OC)=C(\C(=O)O)c2ccc3c(c2)OCO3)cc1. The second-order valence-electron chi connectivity index (χ2n) is 7.27. The predicted molar refractivity (Wildman–Crippen MR) is 121 cm³/mol. The first-order valence-corrected chi connectivity index (χ1v) is 10.2. The number of carbonyl (C=O) groups excluding carboxylic acids is 1. The number of benzene rings is 3. The van der Waals surface area contributed by atoms with Gasteiger partial charge >= 0.3 is 5.97 Å². The highest BCUT2D eigenvalue weighted by molar-refractivity contribution is 6.26. The average Bonchev–Trinajstić information content (AvgIpc) is 3.31. The van der Waals surface area contributed by atoms with Crippen LogP contribution in [0.5, 0.6) is 23.0 Å². The molecule has 168 valence electrons. The molecule has 1 aliphatic heterocycles. The first-order valence-electron chi connectivity index (χ1n) is 10.2. The van der Waals surface area contributed by atoms with Gasteiger partial charge in [-0.15, -0.1) is 0 Å². The van der Waals surface area contributed by atoms with Crippen LogP contribution in [0.3, 0.4) is 0 Å². The summed E-state index contributed by atoms with van der Waals surface area (Å²) >= 11 is 0. The number of Topliss-reactive ketones (excluding diaryl/α,β-unsaturated/α-hetero) is 1. The third kappa shape index (κ3) is 4.52. The number of rotatable bonds is 8. The third-order valence-corrected chi connectivity index (χ3v) is 5.36. The summed E-state index contributed by atoms with van der Waals surface area (Å²) in [6, 6.07) is 18.6. The molecule has 1 aliphatic rings. The van der Waals surface area contributed by atoms with Crippen molar-refractivity contribution < 1.29 is 33.6 Å². The fourth-order valence-electron chi connectivity index (χ4n) is 3.72. The van der Waals surface area contributed by atoms with E-state index >= 15 is 0 Å². The van der Waals surface area contributed by atoms with Crippen LogP contribution in [0.25, 0.3) is 5.57 Å². The van der Waals surface area contributed by atoms with Crippen LogP contribution in [0.2, 0.25) is 0 Å². The summed E-state index contributed by atoms with van der Waals surface area (Å²) < 4.78 is 21.4. The van der Waals surface area contributed by atoms with Crippen molar-refractivity contribution in [2.24, 2.45) is 0 Å².